The van der Waals surface area contributed by atoms with Crippen molar-refractivity contribution in [1.29, 1.82) is 0 Å². The van der Waals surface area contributed by atoms with Crippen molar-refractivity contribution in [2.45, 2.75) is 20.0 Å². The standard InChI is InChI=1S/C21H37N5O2.HI/c1-17(16-26-12-10-25(4)11-13-26)14-23-21(22-3)24-15-18(2)28-20-9-7-6-8-19(20)27-5;/h6-9,17-18H,10-16H2,1-5H3,(H2,22,23,24);1H. The summed E-state index contributed by atoms with van der Waals surface area (Å²) < 4.78 is 11.3. The number of hydrogen-bond donors (Lipinski definition) is 2. The molecule has 2 N–H and O–H groups in total. The number of guanidine groups is 1. The molecule has 2 unspecified atom stereocenters. The van der Waals surface area contributed by atoms with Crippen molar-refractivity contribution < 1.29 is 9.47 Å². The number of piperazine rings is 1. The van der Waals surface area contributed by atoms with E-state index in [0.717, 1.165) is 56.7 Å². The highest BCUT2D eigenvalue weighted by atomic mass is 127. The number of benzene rings is 1. The molecule has 0 spiro atoms. The van der Waals surface area contributed by atoms with E-state index in [4.69, 9.17) is 9.47 Å². The zero-order valence-electron chi connectivity index (χ0n) is 18.5. The fourth-order valence-corrected chi connectivity index (χ4v) is 3.24. The number of aliphatic imine (C=N–C) groups is 1. The van der Waals surface area contributed by atoms with Gasteiger partial charge in [0.05, 0.1) is 13.7 Å². The van der Waals surface area contributed by atoms with Gasteiger partial charge in [-0.2, -0.15) is 0 Å². The van der Waals surface area contributed by atoms with E-state index in [-0.39, 0.29) is 30.1 Å². The molecule has 1 aromatic carbocycles. The maximum Gasteiger partial charge on any atom is 0.191 e. The molecule has 0 saturated carbocycles. The molecule has 1 aromatic rings. The van der Waals surface area contributed by atoms with Gasteiger partial charge in [0.1, 0.15) is 6.10 Å². The number of nitrogens with one attached hydrogen (secondary N) is 2. The number of halogens is 1. The van der Waals surface area contributed by atoms with Crippen molar-refractivity contribution in [1.82, 2.24) is 20.4 Å². The van der Waals surface area contributed by atoms with Crippen LogP contribution in [0, 0.1) is 5.92 Å². The quantitative estimate of drug-likeness (QED) is 0.296. The van der Waals surface area contributed by atoms with Gasteiger partial charge in [-0.1, -0.05) is 19.1 Å². The number of ether oxygens (including phenoxy) is 2. The van der Waals surface area contributed by atoms with Crippen LogP contribution in [-0.4, -0.2) is 88.9 Å². The smallest absolute Gasteiger partial charge is 0.191 e. The van der Waals surface area contributed by atoms with Crippen molar-refractivity contribution in [3.8, 4) is 11.5 Å². The lowest BCUT2D eigenvalue weighted by atomic mass is 10.1. The molecular formula is C21H38IN5O2. The minimum Gasteiger partial charge on any atom is -0.493 e. The first-order valence-electron chi connectivity index (χ1n) is 10.2. The number of rotatable bonds is 9. The summed E-state index contributed by atoms with van der Waals surface area (Å²) in [5.41, 5.74) is 0. The molecule has 0 aliphatic carbocycles. The molecule has 2 rings (SSSR count). The average molecular weight is 519 g/mol. The molecule has 7 nitrogen and oxygen atoms in total. The molecule has 0 amide bonds. The minimum atomic E-state index is -0.0161. The molecule has 1 heterocycles. The van der Waals surface area contributed by atoms with Gasteiger partial charge >= 0.3 is 0 Å². The molecule has 0 aromatic heterocycles. The average Bonchev–Trinajstić information content (AvgIpc) is 2.70. The normalized spacial score (nSPS) is 17.8. The van der Waals surface area contributed by atoms with Crippen molar-refractivity contribution in [3.05, 3.63) is 24.3 Å². The summed E-state index contributed by atoms with van der Waals surface area (Å²) in [4.78, 5) is 9.26. The van der Waals surface area contributed by atoms with E-state index in [1.807, 2.05) is 31.2 Å². The third kappa shape index (κ3) is 9.39. The van der Waals surface area contributed by atoms with Gasteiger partial charge in [-0.25, -0.2) is 0 Å². The Morgan fingerprint density at radius 1 is 1.07 bits per heavy atom. The van der Waals surface area contributed by atoms with E-state index in [2.05, 4.69) is 39.4 Å². The molecule has 1 saturated heterocycles. The van der Waals surface area contributed by atoms with Gasteiger partial charge in [0.15, 0.2) is 17.5 Å². The van der Waals surface area contributed by atoms with Crippen LogP contribution in [0.25, 0.3) is 0 Å². The summed E-state index contributed by atoms with van der Waals surface area (Å²) in [6.07, 6.45) is -0.0161. The molecule has 0 radical (unpaired) electrons. The third-order valence-corrected chi connectivity index (χ3v) is 4.96. The first-order chi connectivity index (χ1) is 13.5. The van der Waals surface area contributed by atoms with Crippen LogP contribution >= 0.6 is 24.0 Å². The highest BCUT2D eigenvalue weighted by molar-refractivity contribution is 14.0. The van der Waals surface area contributed by atoms with Crippen LogP contribution in [0.5, 0.6) is 11.5 Å². The van der Waals surface area contributed by atoms with Crippen LogP contribution < -0.4 is 20.1 Å². The van der Waals surface area contributed by atoms with Crippen molar-refractivity contribution in [2.75, 3.05) is 67.0 Å². The van der Waals surface area contributed by atoms with E-state index in [1.165, 1.54) is 0 Å². The van der Waals surface area contributed by atoms with Crippen LogP contribution in [0.4, 0.5) is 0 Å². The van der Waals surface area contributed by atoms with Crippen LogP contribution in [0.15, 0.2) is 29.3 Å². The molecule has 1 fully saturated rings. The largest absolute Gasteiger partial charge is 0.493 e. The Labute approximate surface area is 193 Å². The Balaban J connectivity index is 0.00000420. The summed E-state index contributed by atoms with van der Waals surface area (Å²) in [6, 6.07) is 7.70. The van der Waals surface area contributed by atoms with Crippen LogP contribution in [0.3, 0.4) is 0 Å². The summed E-state index contributed by atoms with van der Waals surface area (Å²) >= 11 is 0. The number of likely N-dealkylation sites (N-methyl/N-ethyl adjacent to an activating group) is 1. The van der Waals surface area contributed by atoms with E-state index in [9.17, 15) is 0 Å². The summed E-state index contributed by atoms with van der Waals surface area (Å²) in [6.45, 7) is 11.6. The van der Waals surface area contributed by atoms with Crippen molar-refractivity contribution in [3.63, 3.8) is 0 Å². The van der Waals surface area contributed by atoms with Gasteiger partial charge in [-0.3, -0.25) is 4.99 Å². The predicted octanol–water partition coefficient (Wildman–Crippen LogP) is 2.13. The summed E-state index contributed by atoms with van der Waals surface area (Å²) in [7, 11) is 5.64. The maximum absolute atomic E-state index is 5.99. The van der Waals surface area contributed by atoms with E-state index in [0.29, 0.717) is 12.5 Å². The Morgan fingerprint density at radius 3 is 2.31 bits per heavy atom. The fourth-order valence-electron chi connectivity index (χ4n) is 3.24. The highest BCUT2D eigenvalue weighted by Crippen LogP contribution is 2.26. The summed E-state index contributed by atoms with van der Waals surface area (Å²) in [5.74, 6) is 2.86. The zero-order valence-corrected chi connectivity index (χ0v) is 20.8. The van der Waals surface area contributed by atoms with Gasteiger partial charge in [0, 0.05) is 46.3 Å². The molecule has 166 valence electrons. The lowest BCUT2D eigenvalue weighted by Crippen LogP contribution is -2.48. The maximum atomic E-state index is 5.99. The number of hydrogen-bond acceptors (Lipinski definition) is 5. The van der Waals surface area contributed by atoms with Crippen molar-refractivity contribution in [2.24, 2.45) is 10.9 Å². The van der Waals surface area contributed by atoms with Gasteiger partial charge in [0.2, 0.25) is 0 Å². The van der Waals surface area contributed by atoms with E-state index < -0.39 is 0 Å². The highest BCUT2D eigenvalue weighted by Gasteiger charge is 2.16. The van der Waals surface area contributed by atoms with E-state index >= 15 is 0 Å². The van der Waals surface area contributed by atoms with Crippen molar-refractivity contribution >= 4 is 29.9 Å². The Bertz CT molecular complexity index is 608. The van der Waals surface area contributed by atoms with Gasteiger partial charge in [0.25, 0.3) is 0 Å². The number of nitrogens with zero attached hydrogens (tertiary/aromatic N) is 3. The SMILES string of the molecule is CN=C(NCC(C)CN1CCN(C)CC1)NCC(C)Oc1ccccc1OC.I. The molecule has 0 bridgehead atoms. The Hall–Kier alpha value is -1.26. The lowest BCUT2D eigenvalue weighted by molar-refractivity contribution is 0.139. The molecular weight excluding hydrogens is 481 g/mol. The second-order valence-corrected chi connectivity index (χ2v) is 7.62. The first kappa shape index (κ1) is 25.8. The van der Waals surface area contributed by atoms with Crippen LogP contribution in [0.1, 0.15) is 13.8 Å². The zero-order chi connectivity index (χ0) is 20.4. The molecule has 8 heteroatoms. The number of para-hydroxylation sites is 2. The van der Waals surface area contributed by atoms with Crippen LogP contribution in [-0.2, 0) is 0 Å². The van der Waals surface area contributed by atoms with Gasteiger partial charge < -0.3 is 29.9 Å². The van der Waals surface area contributed by atoms with Gasteiger partial charge in [-0.15, -0.1) is 24.0 Å². The molecule has 29 heavy (non-hydrogen) atoms. The lowest BCUT2D eigenvalue weighted by Gasteiger charge is -2.34. The van der Waals surface area contributed by atoms with Gasteiger partial charge in [-0.05, 0) is 32.0 Å². The topological polar surface area (TPSA) is 61.4 Å². The third-order valence-electron chi connectivity index (χ3n) is 4.96. The molecule has 1 aliphatic heterocycles. The first-order valence-corrected chi connectivity index (χ1v) is 10.2. The Morgan fingerprint density at radius 2 is 1.69 bits per heavy atom. The Kier molecular flexibility index (Phi) is 12.3. The predicted molar refractivity (Wildman–Crippen MR) is 131 cm³/mol. The molecule has 2 atom stereocenters. The monoisotopic (exact) mass is 519 g/mol. The van der Waals surface area contributed by atoms with E-state index in [1.54, 1.807) is 14.2 Å². The second kappa shape index (κ2) is 13.9. The second-order valence-electron chi connectivity index (χ2n) is 7.62. The minimum absolute atomic E-state index is 0. The van der Waals surface area contributed by atoms with Crippen LogP contribution in [0.2, 0.25) is 0 Å². The summed E-state index contributed by atoms with van der Waals surface area (Å²) in [5, 5.41) is 6.78. The molecule has 1 aliphatic rings. The fraction of sp³-hybridized carbons (Fsp3) is 0.667. The number of methoxy groups -OCH3 is 1.